The van der Waals surface area contributed by atoms with Gasteiger partial charge in [-0.2, -0.15) is 10.2 Å². The number of carbonyl (C=O) groups excluding carboxylic acids is 2. The number of hydrogen-bond acceptors (Lipinski definition) is 10. The van der Waals surface area contributed by atoms with Gasteiger partial charge in [-0.25, -0.2) is 14.8 Å². The van der Waals surface area contributed by atoms with Gasteiger partial charge in [0.2, 0.25) is 5.91 Å². The molecule has 13 heteroatoms. The van der Waals surface area contributed by atoms with Crippen molar-refractivity contribution in [3.63, 3.8) is 0 Å². The van der Waals surface area contributed by atoms with E-state index in [2.05, 4.69) is 37.7 Å². The smallest absolute Gasteiger partial charge is 0.329 e. The molecule has 3 aromatic heterocycles. The molecule has 0 saturated heterocycles. The monoisotopic (exact) mass is 764 g/mol. The molecule has 5 aromatic rings. The molecule has 2 unspecified atom stereocenters. The number of aromatic nitrogens is 4. The van der Waals surface area contributed by atoms with Gasteiger partial charge < -0.3 is 25.6 Å². The first-order valence-corrected chi connectivity index (χ1v) is 19.3. The van der Waals surface area contributed by atoms with Crippen molar-refractivity contribution >= 4 is 29.1 Å². The van der Waals surface area contributed by atoms with E-state index in [-0.39, 0.29) is 17.5 Å². The number of carboxylic acid groups (broad SMARTS) is 1. The summed E-state index contributed by atoms with van der Waals surface area (Å²) in [5, 5.41) is 33.4. The van der Waals surface area contributed by atoms with Crippen LogP contribution in [0.5, 0.6) is 5.75 Å². The lowest BCUT2D eigenvalue weighted by Gasteiger charge is -2.24. The zero-order valence-electron chi connectivity index (χ0n) is 31.6. The third kappa shape index (κ3) is 11.5. The molecule has 0 bridgehead atoms. The summed E-state index contributed by atoms with van der Waals surface area (Å²) in [5.74, 6) is -1.41. The third-order valence-electron chi connectivity index (χ3n) is 8.97. The van der Waals surface area contributed by atoms with Crippen LogP contribution in [0.2, 0.25) is 0 Å². The zero-order chi connectivity index (χ0) is 39.4. The average Bonchev–Trinajstić information content (AvgIpc) is 3.71. The molecule has 0 radical (unpaired) electrons. The summed E-state index contributed by atoms with van der Waals surface area (Å²) < 4.78 is 5.89. The van der Waals surface area contributed by atoms with Crippen LogP contribution in [0.1, 0.15) is 91.7 Å². The van der Waals surface area contributed by atoms with Crippen LogP contribution in [-0.2, 0) is 21.4 Å². The van der Waals surface area contributed by atoms with Crippen LogP contribution in [0.3, 0.4) is 0 Å². The van der Waals surface area contributed by atoms with Crippen molar-refractivity contribution < 1.29 is 29.3 Å². The first-order chi connectivity index (χ1) is 26.4. The Morgan fingerprint density at radius 1 is 0.836 bits per heavy atom. The number of nitrogens with one attached hydrogen (secondary N) is 2. The molecule has 3 atom stereocenters. The second-order valence-electron chi connectivity index (χ2n) is 14.3. The van der Waals surface area contributed by atoms with E-state index in [0.717, 1.165) is 33.7 Å². The van der Waals surface area contributed by atoms with Gasteiger partial charge in [0.15, 0.2) is 11.9 Å². The van der Waals surface area contributed by atoms with Crippen molar-refractivity contribution in [2.24, 2.45) is 0 Å². The summed E-state index contributed by atoms with van der Waals surface area (Å²) in [4.78, 5) is 49.9. The van der Waals surface area contributed by atoms with Crippen LogP contribution < -0.4 is 15.4 Å². The molecule has 4 N–H and O–H groups in total. The van der Waals surface area contributed by atoms with Gasteiger partial charge in [-0.15, -0.1) is 11.3 Å². The van der Waals surface area contributed by atoms with Gasteiger partial charge in [-0.1, -0.05) is 89.8 Å². The Labute approximate surface area is 325 Å². The van der Waals surface area contributed by atoms with Crippen molar-refractivity contribution in [3.8, 4) is 28.3 Å². The SMILES string of the molecule is CCCCCCCOc1ccc(-c2cnc(-c3ccc(C[C@H](NC(=O)c4ccc(C(C)(C)C)s4)C(=O)NC(C(=O)O)C(O)c4cccnn4)cc3)nc2)cc1. The molecular weight excluding hydrogens is 717 g/mol. The minimum atomic E-state index is -1.75. The maximum Gasteiger partial charge on any atom is 0.329 e. The number of carbonyl (C=O) groups is 3. The van der Waals surface area contributed by atoms with Gasteiger partial charge in [0.25, 0.3) is 5.91 Å². The van der Waals surface area contributed by atoms with Crippen LogP contribution in [0.4, 0.5) is 0 Å². The fourth-order valence-electron chi connectivity index (χ4n) is 5.76. The number of carboxylic acids is 1. The first-order valence-electron chi connectivity index (χ1n) is 18.5. The Morgan fingerprint density at radius 3 is 2.15 bits per heavy atom. The number of aliphatic carboxylic acids is 1. The molecule has 0 aliphatic rings. The van der Waals surface area contributed by atoms with Crippen molar-refractivity contribution in [1.29, 1.82) is 0 Å². The molecule has 3 heterocycles. The Hall–Kier alpha value is -5.53. The highest BCUT2D eigenvalue weighted by Gasteiger charge is 2.34. The van der Waals surface area contributed by atoms with E-state index in [1.807, 2.05) is 63.2 Å². The summed E-state index contributed by atoms with van der Waals surface area (Å²) in [6.07, 6.45) is 9.19. The quantitative estimate of drug-likeness (QED) is 0.0683. The highest BCUT2D eigenvalue weighted by Crippen LogP contribution is 2.30. The molecule has 0 aliphatic heterocycles. The lowest BCUT2D eigenvalue weighted by atomic mass is 9.95. The standard InChI is InChI=1S/C42H48N6O6S/c1-5-6-7-8-9-23-54-31-18-16-28(17-19-31)30-25-43-38(44-26-30)29-14-12-27(13-15-29)24-33(46-40(51)34-20-21-35(55-34)42(2,3)4)39(50)47-36(41(52)53)37(49)32-11-10-22-45-48-32/h10-22,25-26,33,36-37,49H,5-9,23-24H2,1-4H3,(H,46,51)(H,47,50)(H,52,53)/t33-,36?,37?/m0/s1. The predicted molar refractivity (Wildman–Crippen MR) is 212 cm³/mol. The lowest BCUT2D eigenvalue weighted by Crippen LogP contribution is -2.54. The van der Waals surface area contributed by atoms with Crippen LogP contribution in [0.25, 0.3) is 22.5 Å². The highest BCUT2D eigenvalue weighted by molar-refractivity contribution is 7.14. The Morgan fingerprint density at radius 2 is 1.53 bits per heavy atom. The van der Waals surface area contributed by atoms with Crippen molar-refractivity contribution in [3.05, 3.63) is 112 Å². The van der Waals surface area contributed by atoms with Gasteiger partial charge in [-0.3, -0.25) is 9.59 Å². The van der Waals surface area contributed by atoms with E-state index < -0.39 is 36.0 Å². The maximum absolute atomic E-state index is 13.7. The summed E-state index contributed by atoms with van der Waals surface area (Å²) in [7, 11) is 0. The van der Waals surface area contributed by atoms with Crippen LogP contribution in [-0.4, -0.2) is 66.9 Å². The van der Waals surface area contributed by atoms with E-state index in [9.17, 15) is 24.6 Å². The molecule has 12 nitrogen and oxygen atoms in total. The van der Waals surface area contributed by atoms with E-state index in [4.69, 9.17) is 4.74 Å². The largest absolute Gasteiger partial charge is 0.494 e. The summed E-state index contributed by atoms with van der Waals surface area (Å²) in [6.45, 7) is 9.03. The van der Waals surface area contributed by atoms with Crippen LogP contribution in [0.15, 0.2) is 91.4 Å². The summed E-state index contributed by atoms with van der Waals surface area (Å²) in [6, 6.07) is 18.7. The van der Waals surface area contributed by atoms with Gasteiger partial charge in [0.05, 0.1) is 17.2 Å². The van der Waals surface area contributed by atoms with Crippen LogP contribution >= 0.6 is 11.3 Å². The fourth-order valence-corrected chi connectivity index (χ4v) is 6.73. The molecule has 0 aliphatic carbocycles. The molecular formula is C42H48N6O6S. The van der Waals surface area contributed by atoms with Gasteiger partial charge in [0.1, 0.15) is 17.9 Å². The molecule has 0 saturated carbocycles. The first kappa shape index (κ1) is 40.7. The second-order valence-corrected chi connectivity index (χ2v) is 15.4. The second kappa shape index (κ2) is 19.2. The number of thiophene rings is 1. The molecule has 0 fully saturated rings. The van der Waals surface area contributed by atoms with E-state index >= 15 is 0 Å². The molecule has 0 spiro atoms. The van der Waals surface area contributed by atoms with Gasteiger partial charge >= 0.3 is 5.97 Å². The molecule has 2 amide bonds. The van der Waals surface area contributed by atoms with Crippen LogP contribution in [0, 0.1) is 0 Å². The molecule has 2 aromatic carbocycles. The maximum atomic E-state index is 13.7. The average molecular weight is 765 g/mol. The van der Waals surface area contributed by atoms with Gasteiger partial charge in [-0.05, 0) is 59.4 Å². The van der Waals surface area contributed by atoms with Gasteiger partial charge in [0, 0.05) is 41.0 Å². The number of rotatable bonds is 18. The number of benzene rings is 2. The number of amides is 2. The topological polar surface area (TPSA) is 177 Å². The fraction of sp³-hybridized carbons (Fsp3) is 0.357. The summed E-state index contributed by atoms with van der Waals surface area (Å²) in [5.41, 5.74) is 3.06. The van der Waals surface area contributed by atoms with E-state index in [1.165, 1.54) is 55.3 Å². The molecule has 55 heavy (non-hydrogen) atoms. The number of hydrogen-bond donors (Lipinski definition) is 4. The number of aliphatic hydroxyl groups is 1. The van der Waals surface area contributed by atoms with Crippen molar-refractivity contribution in [2.45, 2.75) is 89.8 Å². The predicted octanol–water partition coefficient (Wildman–Crippen LogP) is 6.95. The normalized spacial score (nSPS) is 13.0. The lowest BCUT2D eigenvalue weighted by molar-refractivity contribution is -0.145. The number of aliphatic hydroxyl groups excluding tert-OH is 1. The van der Waals surface area contributed by atoms with Crippen molar-refractivity contribution in [1.82, 2.24) is 30.8 Å². The zero-order valence-corrected chi connectivity index (χ0v) is 32.4. The molecule has 5 rings (SSSR count). The van der Waals surface area contributed by atoms with E-state index in [1.54, 1.807) is 30.6 Å². The minimum Gasteiger partial charge on any atom is -0.494 e. The third-order valence-corrected chi connectivity index (χ3v) is 10.5. The molecule has 288 valence electrons. The minimum absolute atomic E-state index is 0.0266. The highest BCUT2D eigenvalue weighted by atomic mass is 32.1. The number of ether oxygens (including phenoxy) is 1. The van der Waals surface area contributed by atoms with Crippen molar-refractivity contribution in [2.75, 3.05) is 6.61 Å². The Kier molecular flexibility index (Phi) is 14.2. The van der Waals surface area contributed by atoms with E-state index in [0.29, 0.717) is 22.9 Å². The number of unbranched alkanes of at least 4 members (excludes halogenated alkanes) is 4. The Balaban J connectivity index is 1.27. The number of nitrogens with zero attached hydrogens (tertiary/aromatic N) is 4. The summed E-state index contributed by atoms with van der Waals surface area (Å²) >= 11 is 1.32. The Bertz CT molecular complexity index is 2000.